The average molecular weight is 670 g/mol. The number of halogens is 3. The van der Waals surface area contributed by atoms with Crippen LogP contribution in [0, 0.1) is 0 Å². The molecular weight excluding hydrogens is 623 g/mol. The summed E-state index contributed by atoms with van der Waals surface area (Å²) in [5.74, 6) is -0.530. The first-order valence-corrected chi connectivity index (χ1v) is 16.8. The first-order valence-electron chi connectivity index (χ1n) is 16.8. The summed E-state index contributed by atoms with van der Waals surface area (Å²) in [6.07, 6.45) is 7.34. The molecule has 0 saturated carbocycles. The molecule has 1 aliphatic heterocycles. The zero-order valence-electron chi connectivity index (χ0n) is 28.2. The molecule has 0 radical (unpaired) electrons. The average Bonchev–Trinajstić information content (AvgIpc) is 3.11. The molecule has 1 heterocycles. The smallest absolute Gasteiger partial charge is 0.338 e. The Morgan fingerprint density at radius 3 is 2.12 bits per heavy atom. The minimum Gasteiger partial charge on any atom is -0.338 e. The van der Waals surface area contributed by atoms with Crippen molar-refractivity contribution in [1.82, 2.24) is 14.7 Å². The van der Waals surface area contributed by atoms with Gasteiger partial charge in [-0.25, -0.2) is 0 Å². The fourth-order valence-electron chi connectivity index (χ4n) is 5.88. The van der Waals surface area contributed by atoms with Crippen LogP contribution in [0.1, 0.15) is 47.6 Å². The van der Waals surface area contributed by atoms with E-state index in [0.717, 1.165) is 48.1 Å². The van der Waals surface area contributed by atoms with Gasteiger partial charge in [0.1, 0.15) is 6.04 Å². The van der Waals surface area contributed by atoms with Gasteiger partial charge < -0.3 is 9.80 Å². The van der Waals surface area contributed by atoms with Crippen LogP contribution in [-0.4, -0.2) is 65.3 Å². The van der Waals surface area contributed by atoms with E-state index in [-0.39, 0.29) is 12.5 Å². The minimum atomic E-state index is -4.45. The van der Waals surface area contributed by atoms with Gasteiger partial charge in [0.2, 0.25) is 11.8 Å². The number of amides is 2. The van der Waals surface area contributed by atoms with Crippen molar-refractivity contribution in [1.29, 1.82) is 0 Å². The molecule has 0 aliphatic carbocycles. The molecule has 0 N–H and O–H groups in total. The third kappa shape index (κ3) is 11.2. The number of hydrogen-bond donors (Lipinski definition) is 0. The highest BCUT2D eigenvalue weighted by atomic mass is 19.4. The van der Waals surface area contributed by atoms with Gasteiger partial charge in [0.05, 0.1) is 5.56 Å². The Labute approximate surface area is 288 Å². The second-order valence-electron chi connectivity index (χ2n) is 12.3. The lowest BCUT2D eigenvalue weighted by atomic mass is 10.0. The molecule has 2 amide bonds. The maximum atomic E-state index is 14.4. The topological polar surface area (TPSA) is 43.9 Å². The van der Waals surface area contributed by atoms with Crippen LogP contribution in [0.3, 0.4) is 0 Å². The van der Waals surface area contributed by atoms with Gasteiger partial charge in [-0.1, -0.05) is 111 Å². The van der Waals surface area contributed by atoms with E-state index in [4.69, 9.17) is 0 Å². The summed E-state index contributed by atoms with van der Waals surface area (Å²) in [6, 6.07) is 21.6. The van der Waals surface area contributed by atoms with Crippen molar-refractivity contribution in [3.63, 3.8) is 0 Å². The van der Waals surface area contributed by atoms with E-state index in [1.807, 2.05) is 59.5 Å². The van der Waals surface area contributed by atoms with Crippen LogP contribution >= 0.6 is 0 Å². The number of aryl methyl sites for hydroxylation is 1. The summed E-state index contributed by atoms with van der Waals surface area (Å²) in [7, 11) is 0. The molecule has 5 nitrogen and oxygen atoms in total. The number of allylic oxidation sites excluding steroid dienone is 2. The minimum absolute atomic E-state index is 0.134. The predicted octanol–water partition coefficient (Wildman–Crippen LogP) is 8.14. The summed E-state index contributed by atoms with van der Waals surface area (Å²) in [5.41, 5.74) is 3.76. The number of rotatable bonds is 15. The molecule has 0 bridgehead atoms. The van der Waals surface area contributed by atoms with Crippen LogP contribution < -0.4 is 0 Å². The molecule has 3 aromatic rings. The molecule has 1 saturated heterocycles. The van der Waals surface area contributed by atoms with E-state index in [1.54, 1.807) is 11.0 Å². The van der Waals surface area contributed by atoms with Crippen molar-refractivity contribution in [3.05, 3.63) is 150 Å². The Balaban J connectivity index is 1.63. The number of carbonyl (C=O) groups excluding carboxylic acids is 2. The van der Waals surface area contributed by atoms with Crippen LogP contribution in [0.25, 0.3) is 6.08 Å². The first-order chi connectivity index (χ1) is 23.6. The van der Waals surface area contributed by atoms with Gasteiger partial charge in [-0.15, -0.1) is 0 Å². The van der Waals surface area contributed by atoms with Gasteiger partial charge in [-0.3, -0.25) is 14.5 Å². The van der Waals surface area contributed by atoms with Crippen LogP contribution in [0.2, 0.25) is 0 Å². The van der Waals surface area contributed by atoms with Crippen molar-refractivity contribution in [2.75, 3.05) is 32.7 Å². The van der Waals surface area contributed by atoms with Crippen molar-refractivity contribution in [3.8, 4) is 0 Å². The number of alkyl halides is 3. The predicted molar refractivity (Wildman–Crippen MR) is 192 cm³/mol. The maximum absolute atomic E-state index is 14.4. The van der Waals surface area contributed by atoms with Crippen LogP contribution in [0.15, 0.2) is 122 Å². The van der Waals surface area contributed by atoms with E-state index >= 15 is 0 Å². The molecule has 3 aromatic carbocycles. The van der Waals surface area contributed by atoms with Crippen LogP contribution in [-0.2, 0) is 35.2 Å². The summed E-state index contributed by atoms with van der Waals surface area (Å²) in [5, 5.41) is 0. The third-order valence-corrected chi connectivity index (χ3v) is 8.75. The Morgan fingerprint density at radius 1 is 0.878 bits per heavy atom. The molecule has 258 valence electrons. The number of piperazine rings is 1. The monoisotopic (exact) mass is 669 g/mol. The zero-order valence-corrected chi connectivity index (χ0v) is 28.2. The highest BCUT2D eigenvalue weighted by Crippen LogP contribution is 2.29. The van der Waals surface area contributed by atoms with E-state index < -0.39 is 23.7 Å². The first kappa shape index (κ1) is 37.1. The SMILES string of the molecule is C=C/C=C(\C=C)CN1CCN(C(=O)C(Cc2ccccc2)N(Cc2ccc(CCCC)cc2)C(=O)/C=C/c2ccc(C(F)(F)F)cc2)CC1. The number of carbonyl (C=O) groups is 2. The number of hydrogen-bond acceptors (Lipinski definition) is 3. The van der Waals surface area contributed by atoms with Gasteiger partial charge >= 0.3 is 6.18 Å². The second-order valence-corrected chi connectivity index (χ2v) is 12.3. The summed E-state index contributed by atoms with van der Waals surface area (Å²) >= 11 is 0. The van der Waals surface area contributed by atoms with Crippen LogP contribution in [0.5, 0.6) is 0 Å². The molecule has 1 atom stereocenters. The van der Waals surface area contributed by atoms with Crippen molar-refractivity contribution in [2.45, 2.75) is 51.4 Å². The standard InChI is InChI=1S/C41H46F3N3O2/c1-4-7-12-33-15-17-36(18-16-33)31-47(39(48)24-21-34-19-22-37(23-20-34)41(42,43)44)38(29-35-13-9-8-10-14-35)40(49)46-27-25-45(26-28-46)30-32(6-3)11-5-2/h5-6,8-11,13-24,38H,2-4,7,12,25-31H2,1H3/b24-21+,32-11+. The van der Waals surface area contributed by atoms with Crippen molar-refractivity contribution < 1.29 is 22.8 Å². The van der Waals surface area contributed by atoms with E-state index in [0.29, 0.717) is 44.7 Å². The van der Waals surface area contributed by atoms with Gasteiger partial charge in [-0.2, -0.15) is 13.2 Å². The second kappa shape index (κ2) is 18.2. The molecule has 1 unspecified atom stereocenters. The zero-order chi connectivity index (χ0) is 35.2. The fraction of sp³-hybridized carbons (Fsp3) is 0.317. The number of unbranched alkanes of at least 4 members (excludes halogenated alkanes) is 1. The van der Waals surface area contributed by atoms with Crippen LogP contribution in [0.4, 0.5) is 13.2 Å². The highest BCUT2D eigenvalue weighted by molar-refractivity contribution is 5.95. The van der Waals surface area contributed by atoms with Gasteiger partial charge in [0.25, 0.3) is 0 Å². The summed E-state index contributed by atoms with van der Waals surface area (Å²) in [6.45, 7) is 13.1. The summed E-state index contributed by atoms with van der Waals surface area (Å²) in [4.78, 5) is 34.3. The van der Waals surface area contributed by atoms with E-state index in [1.165, 1.54) is 29.8 Å². The molecule has 8 heteroatoms. The number of benzene rings is 3. The lowest BCUT2D eigenvalue weighted by molar-refractivity contribution is -0.145. The molecule has 0 spiro atoms. The Kier molecular flexibility index (Phi) is 13.8. The quantitative estimate of drug-likeness (QED) is 0.121. The van der Waals surface area contributed by atoms with Crippen molar-refractivity contribution >= 4 is 17.9 Å². The lowest BCUT2D eigenvalue weighted by Gasteiger charge is -2.39. The molecular formula is C41H46F3N3O2. The largest absolute Gasteiger partial charge is 0.416 e. The number of nitrogens with zero attached hydrogens (tertiary/aromatic N) is 3. The molecule has 1 fully saturated rings. The maximum Gasteiger partial charge on any atom is 0.416 e. The van der Waals surface area contributed by atoms with E-state index in [9.17, 15) is 22.8 Å². The Morgan fingerprint density at radius 2 is 1.53 bits per heavy atom. The van der Waals surface area contributed by atoms with Gasteiger partial charge in [-0.05, 0) is 58.9 Å². The third-order valence-electron chi connectivity index (χ3n) is 8.75. The fourth-order valence-corrected chi connectivity index (χ4v) is 5.88. The molecule has 0 aromatic heterocycles. The van der Waals surface area contributed by atoms with Gasteiger partial charge in [0.15, 0.2) is 0 Å². The molecule has 1 aliphatic rings. The summed E-state index contributed by atoms with van der Waals surface area (Å²) < 4.78 is 39.4. The Bertz CT molecular complexity index is 1590. The molecule has 4 rings (SSSR count). The normalized spacial score (nSPS) is 14.9. The van der Waals surface area contributed by atoms with E-state index in [2.05, 4.69) is 37.1 Å². The highest BCUT2D eigenvalue weighted by Gasteiger charge is 2.34. The molecule has 49 heavy (non-hydrogen) atoms. The van der Waals surface area contributed by atoms with Gasteiger partial charge in [0, 0.05) is 51.8 Å². The lowest BCUT2D eigenvalue weighted by Crippen LogP contribution is -2.56. The van der Waals surface area contributed by atoms with Crippen molar-refractivity contribution in [2.24, 2.45) is 0 Å². The Hall–Kier alpha value is -4.69.